The fraction of sp³-hybridized carbons (Fsp3) is 0.316. The SMILES string of the molecule is Cc1cccc2c1N(C(=O)c1sc3ncn(C)c(=O)c3c1C)CCC2. The van der Waals surface area contributed by atoms with E-state index in [0.717, 1.165) is 29.7 Å². The number of hydrogen-bond acceptors (Lipinski definition) is 4. The summed E-state index contributed by atoms with van der Waals surface area (Å²) in [5.41, 5.74) is 3.98. The molecule has 0 N–H and O–H groups in total. The highest BCUT2D eigenvalue weighted by Gasteiger charge is 2.28. The van der Waals surface area contributed by atoms with Crippen LogP contribution in [0.2, 0.25) is 0 Å². The van der Waals surface area contributed by atoms with Gasteiger partial charge in [-0.25, -0.2) is 4.98 Å². The first-order chi connectivity index (χ1) is 12.0. The van der Waals surface area contributed by atoms with Crippen LogP contribution >= 0.6 is 11.3 Å². The third-order valence-corrected chi connectivity index (χ3v) is 6.06. The average molecular weight is 353 g/mol. The molecule has 5 nitrogen and oxygen atoms in total. The topological polar surface area (TPSA) is 55.2 Å². The lowest BCUT2D eigenvalue weighted by atomic mass is 9.98. The van der Waals surface area contributed by atoms with Crippen molar-refractivity contribution in [3.63, 3.8) is 0 Å². The molecule has 0 bridgehead atoms. The maximum Gasteiger partial charge on any atom is 0.268 e. The highest BCUT2D eigenvalue weighted by Crippen LogP contribution is 2.34. The van der Waals surface area contributed by atoms with Crippen molar-refractivity contribution in [1.82, 2.24) is 9.55 Å². The van der Waals surface area contributed by atoms with Gasteiger partial charge >= 0.3 is 0 Å². The first kappa shape index (κ1) is 16.0. The molecule has 0 spiro atoms. The molecule has 128 valence electrons. The second kappa shape index (κ2) is 5.81. The quantitative estimate of drug-likeness (QED) is 0.675. The lowest BCUT2D eigenvalue weighted by Crippen LogP contribution is -2.36. The van der Waals surface area contributed by atoms with E-state index in [1.165, 1.54) is 27.8 Å². The molecular formula is C19H19N3O2S. The maximum atomic E-state index is 13.3. The van der Waals surface area contributed by atoms with Crippen molar-refractivity contribution < 1.29 is 4.79 Å². The molecule has 0 unspecified atom stereocenters. The number of carbonyl (C=O) groups excluding carboxylic acids is 1. The van der Waals surface area contributed by atoms with Gasteiger partial charge in [-0.3, -0.25) is 9.59 Å². The summed E-state index contributed by atoms with van der Waals surface area (Å²) in [6, 6.07) is 6.18. The Balaban J connectivity index is 1.87. The van der Waals surface area contributed by atoms with E-state index in [1.807, 2.05) is 30.9 Å². The van der Waals surface area contributed by atoms with Gasteiger partial charge in [0.1, 0.15) is 4.83 Å². The zero-order chi connectivity index (χ0) is 17.7. The molecule has 0 saturated carbocycles. The van der Waals surface area contributed by atoms with E-state index < -0.39 is 0 Å². The van der Waals surface area contributed by atoms with E-state index in [0.29, 0.717) is 21.6 Å². The summed E-state index contributed by atoms with van der Waals surface area (Å²) < 4.78 is 1.46. The van der Waals surface area contributed by atoms with Gasteiger partial charge in [0.2, 0.25) is 0 Å². The standard InChI is InChI=1S/C19H19N3O2S/c1-11-6-4-7-13-8-5-9-22(15(11)13)19(24)16-12(2)14-17(25-16)20-10-21(3)18(14)23/h4,6-7,10H,5,8-9H2,1-3H3. The minimum absolute atomic E-state index is 0.0298. The Morgan fingerprint density at radius 1 is 1.28 bits per heavy atom. The van der Waals surface area contributed by atoms with E-state index >= 15 is 0 Å². The van der Waals surface area contributed by atoms with Gasteiger partial charge in [0.25, 0.3) is 11.5 Å². The average Bonchev–Trinajstić information content (AvgIpc) is 2.95. The van der Waals surface area contributed by atoms with E-state index in [1.54, 1.807) is 7.05 Å². The molecular weight excluding hydrogens is 334 g/mol. The summed E-state index contributed by atoms with van der Waals surface area (Å²) in [5.74, 6) is -0.0298. The number of amides is 1. The monoisotopic (exact) mass is 353 g/mol. The third kappa shape index (κ3) is 2.40. The summed E-state index contributed by atoms with van der Waals surface area (Å²) in [6.45, 7) is 4.59. The summed E-state index contributed by atoms with van der Waals surface area (Å²) in [6.07, 6.45) is 3.45. The number of rotatable bonds is 1. The molecule has 1 aliphatic heterocycles. The number of thiophene rings is 1. The van der Waals surface area contributed by atoms with Crippen molar-refractivity contribution in [3.05, 3.63) is 56.4 Å². The highest BCUT2D eigenvalue weighted by atomic mass is 32.1. The third-order valence-electron chi connectivity index (χ3n) is 4.87. The Hall–Kier alpha value is -2.47. The number of para-hydroxylation sites is 1. The van der Waals surface area contributed by atoms with Crippen molar-refractivity contribution >= 4 is 33.1 Å². The first-order valence-corrected chi connectivity index (χ1v) is 9.15. The Morgan fingerprint density at radius 2 is 2.08 bits per heavy atom. The minimum atomic E-state index is -0.104. The van der Waals surface area contributed by atoms with Gasteiger partial charge in [-0.15, -0.1) is 11.3 Å². The summed E-state index contributed by atoms with van der Waals surface area (Å²) in [7, 11) is 1.68. The highest BCUT2D eigenvalue weighted by molar-refractivity contribution is 7.20. The fourth-order valence-electron chi connectivity index (χ4n) is 3.59. The van der Waals surface area contributed by atoms with Crippen molar-refractivity contribution in [1.29, 1.82) is 0 Å². The zero-order valence-corrected chi connectivity index (χ0v) is 15.3. The fourth-order valence-corrected chi connectivity index (χ4v) is 4.67. The van der Waals surface area contributed by atoms with Crippen LogP contribution in [-0.2, 0) is 13.5 Å². The zero-order valence-electron chi connectivity index (χ0n) is 14.5. The normalized spacial score (nSPS) is 14.0. The molecule has 25 heavy (non-hydrogen) atoms. The number of aryl methyl sites for hydroxylation is 4. The number of hydrogen-bond donors (Lipinski definition) is 0. The number of carbonyl (C=O) groups is 1. The molecule has 0 aliphatic carbocycles. The predicted octanol–water partition coefficient (Wildman–Crippen LogP) is 3.20. The van der Waals surface area contributed by atoms with Crippen LogP contribution in [-0.4, -0.2) is 22.0 Å². The van der Waals surface area contributed by atoms with Crippen molar-refractivity contribution in [3.8, 4) is 0 Å². The molecule has 3 aromatic rings. The molecule has 4 rings (SSSR count). The van der Waals surface area contributed by atoms with Crippen LogP contribution in [0.4, 0.5) is 5.69 Å². The van der Waals surface area contributed by atoms with E-state index in [4.69, 9.17) is 0 Å². The van der Waals surface area contributed by atoms with Gasteiger partial charge in [-0.2, -0.15) is 0 Å². The number of nitrogens with zero attached hydrogens (tertiary/aromatic N) is 3. The Labute approximate surface area is 149 Å². The van der Waals surface area contributed by atoms with Crippen LogP contribution in [0.1, 0.15) is 32.8 Å². The van der Waals surface area contributed by atoms with Gasteiger partial charge in [0.05, 0.1) is 22.3 Å². The number of aromatic nitrogens is 2. The van der Waals surface area contributed by atoms with Crippen LogP contribution in [0.25, 0.3) is 10.2 Å². The van der Waals surface area contributed by atoms with Gasteiger partial charge in [0.15, 0.2) is 0 Å². The van der Waals surface area contributed by atoms with Crippen LogP contribution in [0, 0.1) is 13.8 Å². The minimum Gasteiger partial charge on any atom is -0.307 e. The first-order valence-electron chi connectivity index (χ1n) is 8.34. The molecule has 0 radical (unpaired) electrons. The molecule has 1 aromatic carbocycles. The lowest BCUT2D eigenvalue weighted by Gasteiger charge is -2.31. The lowest BCUT2D eigenvalue weighted by molar-refractivity contribution is 0.0988. The second-order valence-corrected chi connectivity index (χ2v) is 7.54. The van der Waals surface area contributed by atoms with Gasteiger partial charge in [-0.05, 0) is 43.4 Å². The largest absolute Gasteiger partial charge is 0.307 e. The Bertz CT molecular complexity index is 1060. The number of benzene rings is 1. The van der Waals surface area contributed by atoms with E-state index in [2.05, 4.69) is 11.1 Å². The number of fused-ring (bicyclic) bond motifs is 2. The van der Waals surface area contributed by atoms with Crippen molar-refractivity contribution in [2.45, 2.75) is 26.7 Å². The Morgan fingerprint density at radius 3 is 2.88 bits per heavy atom. The molecule has 0 atom stereocenters. The molecule has 1 aliphatic rings. The van der Waals surface area contributed by atoms with E-state index in [-0.39, 0.29) is 11.5 Å². The molecule has 0 fully saturated rings. The molecule has 1 amide bonds. The van der Waals surface area contributed by atoms with Crippen molar-refractivity contribution in [2.24, 2.45) is 7.05 Å². The number of anilines is 1. The predicted molar refractivity (Wildman–Crippen MR) is 101 cm³/mol. The van der Waals surface area contributed by atoms with Gasteiger partial charge in [-0.1, -0.05) is 18.2 Å². The second-order valence-electron chi connectivity index (χ2n) is 6.54. The van der Waals surface area contributed by atoms with Crippen molar-refractivity contribution in [2.75, 3.05) is 11.4 Å². The molecule has 0 saturated heterocycles. The van der Waals surface area contributed by atoms with E-state index in [9.17, 15) is 9.59 Å². The van der Waals surface area contributed by atoms with Crippen LogP contribution < -0.4 is 10.5 Å². The summed E-state index contributed by atoms with van der Waals surface area (Å²) >= 11 is 1.31. The smallest absolute Gasteiger partial charge is 0.268 e. The summed E-state index contributed by atoms with van der Waals surface area (Å²) in [5, 5.41) is 0.556. The van der Waals surface area contributed by atoms with Crippen LogP contribution in [0.5, 0.6) is 0 Å². The molecule has 2 aromatic heterocycles. The maximum absolute atomic E-state index is 13.3. The molecule has 3 heterocycles. The van der Waals surface area contributed by atoms with Crippen LogP contribution in [0.15, 0.2) is 29.3 Å². The van der Waals surface area contributed by atoms with Gasteiger partial charge in [0, 0.05) is 13.6 Å². The molecule has 6 heteroatoms. The van der Waals surface area contributed by atoms with Crippen LogP contribution in [0.3, 0.4) is 0 Å². The van der Waals surface area contributed by atoms with Gasteiger partial charge < -0.3 is 9.47 Å². The Kier molecular flexibility index (Phi) is 3.72. The summed E-state index contributed by atoms with van der Waals surface area (Å²) in [4.78, 5) is 33.2.